The quantitative estimate of drug-likeness (QED) is 0.654. The zero-order valence-electron chi connectivity index (χ0n) is 17.8. The molecule has 1 aliphatic rings. The average Bonchev–Trinajstić information content (AvgIpc) is 3.03. The van der Waals surface area contributed by atoms with E-state index < -0.39 is 5.60 Å². The van der Waals surface area contributed by atoms with Gasteiger partial charge in [-0.1, -0.05) is 6.07 Å². The summed E-state index contributed by atoms with van der Waals surface area (Å²) < 4.78 is 17.9. The van der Waals surface area contributed by atoms with Crippen LogP contribution in [0.1, 0.15) is 33.6 Å². The maximum atomic E-state index is 12.4. The fraction of sp³-hybridized carbons (Fsp3) is 0.524. The number of likely N-dealkylation sites (tertiary alicyclic amines) is 1. The van der Waals surface area contributed by atoms with Crippen molar-refractivity contribution in [2.45, 2.75) is 39.2 Å². The van der Waals surface area contributed by atoms with Crippen LogP contribution in [0.2, 0.25) is 0 Å². The highest BCUT2D eigenvalue weighted by Crippen LogP contribution is 2.42. The number of amides is 1. The van der Waals surface area contributed by atoms with Crippen molar-refractivity contribution in [2.24, 2.45) is 5.92 Å². The van der Waals surface area contributed by atoms with E-state index in [1.54, 1.807) is 12.0 Å². The molecule has 8 nitrogen and oxygen atoms in total. The fourth-order valence-electron chi connectivity index (χ4n) is 3.46. The maximum Gasteiger partial charge on any atom is 0.410 e. The number of piperidine rings is 1. The largest absolute Gasteiger partial charge is 0.496 e. The van der Waals surface area contributed by atoms with Crippen molar-refractivity contribution in [1.29, 1.82) is 0 Å². The molecule has 30 heavy (non-hydrogen) atoms. The number of hydrogen-bond acceptors (Lipinski definition) is 6. The Bertz CT molecular complexity index is 894. The Labute approximate surface area is 185 Å². The first kappa shape index (κ1) is 22.3. The van der Waals surface area contributed by atoms with Gasteiger partial charge in [0, 0.05) is 19.0 Å². The second kappa shape index (κ2) is 9.16. The lowest BCUT2D eigenvalue weighted by molar-refractivity contribution is 0.0139. The second-order valence-corrected chi connectivity index (χ2v) is 9.17. The summed E-state index contributed by atoms with van der Waals surface area (Å²) in [5.74, 6) is 1.88. The topological polar surface area (TPSA) is 103 Å². The number of nitrogens with zero attached hydrogens (tertiary/aromatic N) is 2. The summed E-state index contributed by atoms with van der Waals surface area (Å²) in [5.41, 5.74) is 6.81. The first-order valence-electron chi connectivity index (χ1n) is 9.97. The molecule has 2 heterocycles. The first-order valence-corrected chi connectivity index (χ1v) is 10.8. The average molecular weight is 481 g/mol. The number of nitrogen functional groups attached to an aromatic ring is 1. The number of carbonyl (C=O) groups excluding carboxylic acids is 1. The van der Waals surface area contributed by atoms with Gasteiger partial charge in [-0.3, -0.25) is 5.10 Å². The first-order chi connectivity index (χ1) is 14.2. The maximum absolute atomic E-state index is 12.4. The van der Waals surface area contributed by atoms with Gasteiger partial charge in [-0.05, 0) is 61.7 Å². The van der Waals surface area contributed by atoms with Crippen LogP contribution in [-0.2, 0) is 4.74 Å². The predicted octanol–water partition coefficient (Wildman–Crippen LogP) is 4.46. The number of anilines is 1. The van der Waals surface area contributed by atoms with Gasteiger partial charge in [0.1, 0.15) is 17.1 Å². The molecule has 1 aromatic carbocycles. The van der Waals surface area contributed by atoms with E-state index in [0.717, 1.165) is 18.4 Å². The van der Waals surface area contributed by atoms with Crippen molar-refractivity contribution in [3.63, 3.8) is 0 Å². The van der Waals surface area contributed by atoms with Crippen LogP contribution in [0.3, 0.4) is 0 Å². The fourth-order valence-corrected chi connectivity index (χ4v) is 3.83. The molecule has 3 N–H and O–H groups in total. The van der Waals surface area contributed by atoms with Crippen molar-refractivity contribution in [2.75, 3.05) is 32.5 Å². The van der Waals surface area contributed by atoms with Crippen LogP contribution in [-0.4, -0.2) is 53.6 Å². The van der Waals surface area contributed by atoms with Crippen LogP contribution in [0.5, 0.6) is 11.5 Å². The lowest BCUT2D eigenvalue weighted by atomic mass is 9.99. The Morgan fingerprint density at radius 1 is 1.37 bits per heavy atom. The lowest BCUT2D eigenvalue weighted by Gasteiger charge is -2.34. The number of benzene rings is 1. The molecule has 1 amide bonds. The minimum atomic E-state index is -0.505. The van der Waals surface area contributed by atoms with E-state index >= 15 is 0 Å². The van der Waals surface area contributed by atoms with Crippen molar-refractivity contribution in [3.8, 4) is 22.8 Å². The molecule has 2 aromatic rings. The summed E-state index contributed by atoms with van der Waals surface area (Å²) in [6, 6.07) is 5.62. The molecule has 9 heteroatoms. The van der Waals surface area contributed by atoms with Crippen LogP contribution in [0, 0.1) is 5.92 Å². The van der Waals surface area contributed by atoms with Crippen molar-refractivity contribution in [3.05, 3.63) is 22.7 Å². The number of H-pyrrole nitrogens is 1. The van der Waals surface area contributed by atoms with Crippen LogP contribution in [0.4, 0.5) is 10.6 Å². The van der Waals surface area contributed by atoms with E-state index in [4.69, 9.17) is 19.9 Å². The molecule has 0 bridgehead atoms. The monoisotopic (exact) mass is 480 g/mol. The van der Waals surface area contributed by atoms with Gasteiger partial charge in [0.25, 0.3) is 0 Å². The van der Waals surface area contributed by atoms with Gasteiger partial charge in [0.15, 0.2) is 5.82 Å². The van der Waals surface area contributed by atoms with E-state index in [1.165, 1.54) is 0 Å². The lowest BCUT2D eigenvalue weighted by Crippen LogP contribution is -2.44. The SMILES string of the molecule is COc1cccc(OC[C@H]2CCCN(C(=O)OC(C)(C)C)C2)c1-c1[nH]nc(N)c1Br. The van der Waals surface area contributed by atoms with Crippen LogP contribution >= 0.6 is 15.9 Å². The Kier molecular flexibility index (Phi) is 6.80. The third-order valence-electron chi connectivity index (χ3n) is 4.84. The summed E-state index contributed by atoms with van der Waals surface area (Å²) in [6.07, 6.45) is 1.63. The molecule has 1 aromatic heterocycles. The van der Waals surface area contributed by atoms with E-state index in [-0.39, 0.29) is 12.0 Å². The number of rotatable bonds is 5. The second-order valence-electron chi connectivity index (χ2n) is 8.38. The molecule has 3 rings (SSSR count). The molecule has 1 atom stereocenters. The van der Waals surface area contributed by atoms with Gasteiger partial charge < -0.3 is 24.8 Å². The molecule has 0 spiro atoms. The molecular weight excluding hydrogens is 452 g/mol. The minimum Gasteiger partial charge on any atom is -0.496 e. The summed E-state index contributed by atoms with van der Waals surface area (Å²) in [7, 11) is 1.61. The van der Waals surface area contributed by atoms with Gasteiger partial charge in [-0.15, -0.1) is 0 Å². The number of halogens is 1. The molecular formula is C21H29BrN4O4. The zero-order valence-corrected chi connectivity index (χ0v) is 19.4. The van der Waals surface area contributed by atoms with Crippen LogP contribution < -0.4 is 15.2 Å². The number of carbonyl (C=O) groups is 1. The molecule has 1 saturated heterocycles. The smallest absolute Gasteiger partial charge is 0.410 e. The number of aromatic amines is 1. The summed E-state index contributed by atoms with van der Waals surface area (Å²) in [5, 5.41) is 6.99. The van der Waals surface area contributed by atoms with Gasteiger partial charge in [-0.2, -0.15) is 5.10 Å². The third-order valence-corrected chi connectivity index (χ3v) is 5.64. The van der Waals surface area contributed by atoms with Crippen molar-refractivity contribution < 1.29 is 19.0 Å². The molecule has 0 aliphatic carbocycles. The number of ether oxygens (including phenoxy) is 3. The minimum absolute atomic E-state index is 0.209. The predicted molar refractivity (Wildman–Crippen MR) is 119 cm³/mol. The molecule has 0 unspecified atom stereocenters. The van der Waals surface area contributed by atoms with Gasteiger partial charge in [-0.25, -0.2) is 4.79 Å². The molecule has 164 valence electrons. The number of methoxy groups -OCH3 is 1. The standard InChI is InChI=1S/C21H29BrN4O4/c1-21(2,3)30-20(27)26-10-6-7-13(11-26)12-29-15-9-5-8-14(28-4)16(15)18-17(22)19(23)25-24-18/h5,8-9,13H,6-7,10-12H2,1-4H3,(H3,23,24,25)/t13-/m0/s1. The zero-order chi connectivity index (χ0) is 21.9. The third kappa shape index (κ3) is 5.19. The van der Waals surface area contributed by atoms with E-state index in [2.05, 4.69) is 26.1 Å². The molecule has 1 aliphatic heterocycles. The van der Waals surface area contributed by atoms with Gasteiger partial charge in [0.05, 0.1) is 29.4 Å². The highest BCUT2D eigenvalue weighted by molar-refractivity contribution is 9.10. The van der Waals surface area contributed by atoms with Crippen molar-refractivity contribution >= 4 is 27.8 Å². The number of nitrogens with one attached hydrogen (secondary N) is 1. The Morgan fingerprint density at radius 2 is 2.10 bits per heavy atom. The van der Waals surface area contributed by atoms with Crippen molar-refractivity contribution in [1.82, 2.24) is 15.1 Å². The molecule has 1 fully saturated rings. The number of nitrogens with two attached hydrogens (primary N) is 1. The Hall–Kier alpha value is -2.42. The Balaban J connectivity index is 1.73. The van der Waals surface area contributed by atoms with Crippen LogP contribution in [0.15, 0.2) is 22.7 Å². The highest BCUT2D eigenvalue weighted by atomic mass is 79.9. The van der Waals surface area contributed by atoms with E-state index in [9.17, 15) is 4.79 Å². The van der Waals surface area contributed by atoms with Gasteiger partial charge in [0.2, 0.25) is 0 Å². The summed E-state index contributed by atoms with van der Waals surface area (Å²) in [4.78, 5) is 14.2. The Morgan fingerprint density at radius 3 is 2.73 bits per heavy atom. The summed E-state index contributed by atoms with van der Waals surface area (Å²) in [6.45, 7) is 7.41. The van der Waals surface area contributed by atoms with E-state index in [0.29, 0.717) is 47.2 Å². The van der Waals surface area contributed by atoms with Crippen LogP contribution in [0.25, 0.3) is 11.3 Å². The highest BCUT2D eigenvalue weighted by Gasteiger charge is 2.28. The normalized spacial score (nSPS) is 17.0. The van der Waals surface area contributed by atoms with E-state index in [1.807, 2.05) is 39.0 Å². The number of hydrogen-bond donors (Lipinski definition) is 2. The van der Waals surface area contributed by atoms with Gasteiger partial charge >= 0.3 is 6.09 Å². The molecule has 0 radical (unpaired) electrons. The summed E-state index contributed by atoms with van der Waals surface area (Å²) >= 11 is 3.47. The molecule has 0 saturated carbocycles. The number of aromatic nitrogens is 2.